The second-order valence-electron chi connectivity index (χ2n) is 5.75. The van der Waals surface area contributed by atoms with Crippen molar-refractivity contribution in [2.24, 2.45) is 0 Å². The first kappa shape index (κ1) is 14.9. The average molecular weight is 320 g/mol. The summed E-state index contributed by atoms with van der Waals surface area (Å²) in [6.45, 7) is 0. The summed E-state index contributed by atoms with van der Waals surface area (Å²) in [6.07, 6.45) is -1.20. The van der Waals surface area contributed by atoms with E-state index in [1.54, 1.807) is 48.5 Å². The van der Waals surface area contributed by atoms with Crippen molar-refractivity contribution in [3.63, 3.8) is 0 Å². The molecule has 0 spiro atoms. The summed E-state index contributed by atoms with van der Waals surface area (Å²) in [4.78, 5) is 0. The summed E-state index contributed by atoms with van der Waals surface area (Å²) in [5.41, 5.74) is 3.24. The Kier molecular flexibility index (Phi) is 3.60. The number of fused-ring (bicyclic) bond motifs is 2. The smallest absolute Gasteiger partial charge is 0.457 e. The van der Waals surface area contributed by atoms with E-state index < -0.39 is 13.3 Å². The van der Waals surface area contributed by atoms with Gasteiger partial charge in [-0.05, 0) is 28.7 Å². The molecule has 0 fully saturated rings. The standard InChI is InChI=1S/C19H14BFO3/c21-19-15-3-1-2-4-17(15)24-18-11-13(7-10-16(18)19)12-5-8-14(9-6-12)20(22)23/h1-11,19,22-23H. The van der Waals surface area contributed by atoms with Gasteiger partial charge in [-0.25, -0.2) is 4.39 Å². The molecule has 5 heteroatoms. The molecule has 1 unspecified atom stereocenters. The minimum Gasteiger partial charge on any atom is -0.457 e. The van der Waals surface area contributed by atoms with Crippen LogP contribution in [0.4, 0.5) is 4.39 Å². The van der Waals surface area contributed by atoms with Gasteiger partial charge in [-0.15, -0.1) is 0 Å². The van der Waals surface area contributed by atoms with Gasteiger partial charge in [0.25, 0.3) is 0 Å². The van der Waals surface area contributed by atoms with E-state index in [9.17, 15) is 4.39 Å². The Labute approximate surface area is 139 Å². The van der Waals surface area contributed by atoms with E-state index in [0.29, 0.717) is 28.1 Å². The van der Waals surface area contributed by atoms with Crippen molar-refractivity contribution in [3.05, 3.63) is 77.9 Å². The zero-order valence-corrected chi connectivity index (χ0v) is 12.7. The molecule has 1 heterocycles. The van der Waals surface area contributed by atoms with Crippen LogP contribution in [-0.4, -0.2) is 17.2 Å². The summed E-state index contributed by atoms with van der Waals surface area (Å²) in [7, 11) is -1.49. The van der Waals surface area contributed by atoms with Gasteiger partial charge in [0.1, 0.15) is 11.5 Å². The van der Waals surface area contributed by atoms with Crippen molar-refractivity contribution in [1.82, 2.24) is 0 Å². The lowest BCUT2D eigenvalue weighted by Gasteiger charge is -2.23. The zero-order chi connectivity index (χ0) is 16.7. The van der Waals surface area contributed by atoms with Gasteiger partial charge in [0.15, 0.2) is 6.17 Å². The monoisotopic (exact) mass is 320 g/mol. The summed E-state index contributed by atoms with van der Waals surface area (Å²) >= 11 is 0. The molecule has 0 saturated heterocycles. The Bertz CT molecular complexity index is 893. The lowest BCUT2D eigenvalue weighted by atomic mass is 9.80. The molecule has 0 saturated carbocycles. The molecule has 0 amide bonds. The van der Waals surface area contributed by atoms with E-state index in [-0.39, 0.29) is 0 Å². The number of hydrogen-bond donors (Lipinski definition) is 2. The van der Waals surface area contributed by atoms with Crippen LogP contribution in [0.5, 0.6) is 11.5 Å². The zero-order valence-electron chi connectivity index (χ0n) is 12.7. The Hall–Kier alpha value is -2.63. The maximum Gasteiger partial charge on any atom is 0.488 e. The fraction of sp³-hybridized carbons (Fsp3) is 0.0526. The molecule has 1 aliphatic rings. The summed E-state index contributed by atoms with van der Waals surface area (Å²) in [5, 5.41) is 18.3. The molecule has 3 aromatic carbocycles. The Morgan fingerprint density at radius 3 is 2.21 bits per heavy atom. The van der Waals surface area contributed by atoms with Crippen molar-refractivity contribution in [1.29, 1.82) is 0 Å². The molecule has 2 N–H and O–H groups in total. The molecule has 0 aromatic heterocycles. The maximum absolute atomic E-state index is 14.7. The highest BCUT2D eigenvalue weighted by Crippen LogP contribution is 2.45. The highest BCUT2D eigenvalue weighted by atomic mass is 19.1. The van der Waals surface area contributed by atoms with Crippen LogP contribution in [0, 0.1) is 0 Å². The first-order valence-corrected chi connectivity index (χ1v) is 7.65. The minimum absolute atomic E-state index is 0.422. The van der Waals surface area contributed by atoms with E-state index in [1.165, 1.54) is 0 Å². The molecule has 0 aliphatic carbocycles. The number of rotatable bonds is 2. The molecule has 24 heavy (non-hydrogen) atoms. The number of halogens is 1. The summed E-state index contributed by atoms with van der Waals surface area (Å²) in [6, 6.07) is 19.4. The minimum atomic E-state index is -1.49. The topological polar surface area (TPSA) is 49.7 Å². The van der Waals surface area contributed by atoms with Gasteiger partial charge in [-0.1, -0.05) is 54.6 Å². The van der Waals surface area contributed by atoms with Gasteiger partial charge in [0.05, 0.1) is 0 Å². The average Bonchev–Trinajstić information content (AvgIpc) is 2.61. The van der Waals surface area contributed by atoms with Crippen LogP contribution < -0.4 is 10.2 Å². The number of hydrogen-bond acceptors (Lipinski definition) is 3. The van der Waals surface area contributed by atoms with Crippen molar-refractivity contribution >= 4 is 12.6 Å². The second-order valence-corrected chi connectivity index (χ2v) is 5.75. The largest absolute Gasteiger partial charge is 0.488 e. The highest BCUT2D eigenvalue weighted by molar-refractivity contribution is 6.58. The maximum atomic E-state index is 14.7. The fourth-order valence-corrected chi connectivity index (χ4v) is 2.93. The quantitative estimate of drug-likeness (QED) is 0.713. The van der Waals surface area contributed by atoms with Crippen LogP contribution in [0.25, 0.3) is 11.1 Å². The Morgan fingerprint density at radius 1 is 0.792 bits per heavy atom. The first-order valence-electron chi connectivity index (χ1n) is 7.65. The number of ether oxygens (including phenoxy) is 1. The predicted molar refractivity (Wildman–Crippen MR) is 91.2 cm³/mol. The van der Waals surface area contributed by atoms with Crippen molar-refractivity contribution in [3.8, 4) is 22.6 Å². The highest BCUT2D eigenvalue weighted by Gasteiger charge is 2.27. The molecular formula is C19H14BFO3. The number of para-hydroxylation sites is 1. The van der Waals surface area contributed by atoms with Crippen LogP contribution in [0.1, 0.15) is 17.3 Å². The Balaban J connectivity index is 1.72. The Morgan fingerprint density at radius 2 is 1.46 bits per heavy atom. The normalized spacial score (nSPS) is 15.2. The molecule has 3 aromatic rings. The SMILES string of the molecule is OB(O)c1ccc(-c2ccc3c(c2)Oc2ccccc2C3F)cc1. The van der Waals surface area contributed by atoms with Crippen LogP contribution in [0.2, 0.25) is 0 Å². The predicted octanol–water partition coefficient (Wildman–Crippen LogP) is 3.20. The molecule has 4 rings (SSSR count). The van der Waals surface area contributed by atoms with E-state index in [1.807, 2.05) is 18.2 Å². The van der Waals surface area contributed by atoms with E-state index in [0.717, 1.165) is 11.1 Å². The van der Waals surface area contributed by atoms with Crippen molar-refractivity contribution in [2.75, 3.05) is 0 Å². The molecule has 118 valence electrons. The van der Waals surface area contributed by atoms with Crippen LogP contribution in [-0.2, 0) is 0 Å². The lowest BCUT2D eigenvalue weighted by molar-refractivity contribution is 0.346. The molecule has 0 radical (unpaired) electrons. The van der Waals surface area contributed by atoms with Gasteiger partial charge in [-0.3, -0.25) is 0 Å². The van der Waals surface area contributed by atoms with Crippen molar-refractivity contribution in [2.45, 2.75) is 6.17 Å². The molecule has 1 atom stereocenters. The van der Waals surface area contributed by atoms with Gasteiger partial charge in [0.2, 0.25) is 0 Å². The number of benzene rings is 3. The fourth-order valence-electron chi connectivity index (χ4n) is 2.93. The molecule has 1 aliphatic heterocycles. The molecule has 0 bridgehead atoms. The van der Waals surface area contributed by atoms with Gasteiger partial charge in [0, 0.05) is 11.1 Å². The number of alkyl halides is 1. The van der Waals surface area contributed by atoms with E-state index in [4.69, 9.17) is 14.8 Å². The summed E-state index contributed by atoms with van der Waals surface area (Å²) in [5.74, 6) is 1.04. The summed E-state index contributed by atoms with van der Waals surface area (Å²) < 4.78 is 20.6. The van der Waals surface area contributed by atoms with Gasteiger partial charge < -0.3 is 14.8 Å². The van der Waals surface area contributed by atoms with E-state index in [2.05, 4.69) is 0 Å². The first-order chi connectivity index (χ1) is 11.6. The van der Waals surface area contributed by atoms with E-state index >= 15 is 0 Å². The third-order valence-electron chi connectivity index (χ3n) is 4.24. The van der Waals surface area contributed by atoms with Crippen LogP contribution in [0.3, 0.4) is 0 Å². The van der Waals surface area contributed by atoms with Gasteiger partial charge >= 0.3 is 7.12 Å². The third-order valence-corrected chi connectivity index (χ3v) is 4.24. The molecular weight excluding hydrogens is 306 g/mol. The van der Waals surface area contributed by atoms with Gasteiger partial charge in [-0.2, -0.15) is 0 Å². The second kappa shape index (κ2) is 5.78. The third kappa shape index (κ3) is 2.48. The van der Waals surface area contributed by atoms with Crippen molar-refractivity contribution < 1.29 is 19.2 Å². The van der Waals surface area contributed by atoms with Crippen LogP contribution in [0.15, 0.2) is 66.7 Å². The van der Waals surface area contributed by atoms with Crippen LogP contribution >= 0.6 is 0 Å². The molecule has 3 nitrogen and oxygen atoms in total. The lowest BCUT2D eigenvalue weighted by Crippen LogP contribution is -2.29.